The fraction of sp³-hybridized carbons (Fsp3) is 0.412. The minimum absolute atomic E-state index is 0.0972. The van der Waals surface area contributed by atoms with E-state index in [4.69, 9.17) is 19.8 Å². The van der Waals surface area contributed by atoms with Gasteiger partial charge in [0.15, 0.2) is 46.1 Å². The Bertz CT molecular complexity index is 4110. The number of carboxylic acid groups (broad SMARTS) is 2. The van der Waals surface area contributed by atoms with Gasteiger partial charge < -0.3 is 70.1 Å². The number of anilines is 4. The number of imidazole rings is 2. The SMILES string of the molecule is CCc1cc(Nc2nccn3c(-c4ccc(OC(F)F)c(F)c4F)cnc23)ccc1C(=O)NCC1CC[N+](C)(CC2CNC2)C1.CCc1cc(Nc2nccn3c(-c4ccc(OC(F)F)c(F)c4F)cnc23)ccc1C(=O)NCC1CC[N+](C)(CC2CNC2)C1.O=C([O-])C(F)(F)F.O=C([O-])C(F)(F)F. The number of nitrogens with one attached hydrogen (secondary N) is 6. The largest absolute Gasteiger partial charge is 0.542 e. The number of fused-ring (bicyclic) bond motifs is 2. The zero-order valence-corrected chi connectivity index (χ0v) is 56.2. The first-order chi connectivity index (χ1) is 49.2. The van der Waals surface area contributed by atoms with Gasteiger partial charge in [-0.15, -0.1) is 0 Å². The summed E-state index contributed by atoms with van der Waals surface area (Å²) in [5.74, 6) is -10.6. The predicted molar refractivity (Wildman–Crippen MR) is 345 cm³/mol. The number of benzene rings is 4. The molecule has 4 atom stereocenters. The summed E-state index contributed by atoms with van der Waals surface area (Å²) in [5.41, 5.74) is 4.99. The molecular formula is C68H72F14N14O8. The highest BCUT2D eigenvalue weighted by molar-refractivity contribution is 5.97. The predicted octanol–water partition coefficient (Wildman–Crippen LogP) is 8.59. The molecule has 12 rings (SSSR count). The number of ether oxygens (including phenoxy) is 2. The van der Waals surface area contributed by atoms with Crippen LogP contribution in [0.25, 0.3) is 33.8 Å². The smallest absolute Gasteiger partial charge is 0.430 e. The molecule has 0 saturated carbocycles. The van der Waals surface area contributed by atoms with Crippen LogP contribution in [0, 0.1) is 46.9 Å². The van der Waals surface area contributed by atoms with Gasteiger partial charge in [-0.05, 0) is 84.6 Å². The second-order valence-corrected chi connectivity index (χ2v) is 25.9. The van der Waals surface area contributed by atoms with Crippen molar-refractivity contribution in [3.8, 4) is 34.0 Å². The van der Waals surface area contributed by atoms with Crippen molar-refractivity contribution in [3.05, 3.63) is 143 Å². The summed E-state index contributed by atoms with van der Waals surface area (Å²) in [5, 5.41) is 37.0. The number of aryl methyl sites for hydroxylation is 2. The minimum atomic E-state index is -5.19. The molecule has 4 unspecified atom stereocenters. The van der Waals surface area contributed by atoms with Crippen LogP contribution in [0.2, 0.25) is 0 Å². The molecule has 0 aliphatic carbocycles. The number of quaternary nitrogens is 2. The molecule has 4 aromatic heterocycles. The number of aliphatic carboxylic acids is 2. The molecule has 0 bridgehead atoms. The Hall–Kier alpha value is -9.94. The van der Waals surface area contributed by atoms with Gasteiger partial charge in [-0.25, -0.2) is 28.7 Å². The summed E-state index contributed by atoms with van der Waals surface area (Å²) in [6.45, 7) is 9.94. The van der Waals surface area contributed by atoms with E-state index in [2.05, 4.69) is 75.4 Å². The maximum absolute atomic E-state index is 14.9. The average Bonchev–Trinajstić information content (AvgIpc) is 1.62. The summed E-state index contributed by atoms with van der Waals surface area (Å²) in [6.07, 6.45) is 1.78. The maximum atomic E-state index is 14.9. The van der Waals surface area contributed by atoms with Crippen molar-refractivity contribution in [3.63, 3.8) is 0 Å². The Labute approximate surface area is 585 Å². The van der Waals surface area contributed by atoms with Crippen molar-refractivity contribution in [1.29, 1.82) is 0 Å². The fourth-order valence-corrected chi connectivity index (χ4v) is 13.0. The second-order valence-electron chi connectivity index (χ2n) is 25.9. The number of nitrogens with zero attached hydrogens (tertiary/aromatic N) is 8. The molecule has 8 heterocycles. The molecule has 4 aromatic carbocycles. The van der Waals surface area contributed by atoms with E-state index >= 15 is 0 Å². The molecule has 0 spiro atoms. The van der Waals surface area contributed by atoms with Gasteiger partial charge in [0.2, 0.25) is 11.6 Å². The second kappa shape index (κ2) is 33.2. The Balaban J connectivity index is 0.000000204. The molecule has 8 aromatic rings. The average molecular weight is 1480 g/mol. The molecule has 4 aliphatic heterocycles. The van der Waals surface area contributed by atoms with Gasteiger partial charge in [0.05, 0.1) is 77.1 Å². The molecule has 4 aliphatic rings. The number of alkyl halides is 10. The fourth-order valence-electron chi connectivity index (χ4n) is 13.0. The minimum Gasteiger partial charge on any atom is -0.542 e. The third kappa shape index (κ3) is 19.5. The van der Waals surface area contributed by atoms with E-state index in [1.165, 1.54) is 59.1 Å². The van der Waals surface area contributed by atoms with E-state index in [0.29, 0.717) is 83.2 Å². The van der Waals surface area contributed by atoms with E-state index in [0.717, 1.165) is 121 Å². The number of amides is 2. The lowest BCUT2D eigenvalue weighted by molar-refractivity contribution is -0.902. The Morgan fingerprint density at radius 1 is 0.558 bits per heavy atom. The van der Waals surface area contributed by atoms with Crippen molar-refractivity contribution >= 4 is 58.1 Å². The highest BCUT2D eigenvalue weighted by Crippen LogP contribution is 2.36. The summed E-state index contributed by atoms with van der Waals surface area (Å²) >= 11 is 0. The molecule has 22 nitrogen and oxygen atoms in total. The molecule has 2 amide bonds. The number of halogens is 14. The monoisotopic (exact) mass is 1480 g/mol. The summed E-state index contributed by atoms with van der Waals surface area (Å²) in [4.78, 5) is 61.4. The lowest BCUT2D eigenvalue weighted by Gasteiger charge is -2.37. The number of hydrogen-bond donors (Lipinski definition) is 6. The quantitative estimate of drug-likeness (QED) is 0.0274. The molecule has 4 saturated heterocycles. The molecule has 4 fully saturated rings. The van der Waals surface area contributed by atoms with Gasteiger partial charge in [0.1, 0.15) is 11.9 Å². The number of likely N-dealkylation sites (tertiary alicyclic amines) is 2. The first kappa shape index (κ1) is 78.2. The van der Waals surface area contributed by atoms with E-state index in [9.17, 15) is 71.1 Å². The van der Waals surface area contributed by atoms with Crippen molar-refractivity contribution in [2.45, 2.75) is 65.1 Å². The van der Waals surface area contributed by atoms with Gasteiger partial charge in [-0.2, -0.15) is 52.7 Å². The number of carboxylic acids is 2. The summed E-state index contributed by atoms with van der Waals surface area (Å²) in [6, 6.07) is 15.1. The Morgan fingerprint density at radius 2 is 0.923 bits per heavy atom. The normalized spacial score (nSPS) is 18.8. The van der Waals surface area contributed by atoms with Crippen LogP contribution in [0.3, 0.4) is 0 Å². The highest BCUT2D eigenvalue weighted by Gasteiger charge is 2.40. The maximum Gasteiger partial charge on any atom is 0.430 e. The van der Waals surface area contributed by atoms with E-state index in [-0.39, 0.29) is 34.3 Å². The van der Waals surface area contributed by atoms with Crippen molar-refractivity contribution in [2.75, 3.05) is 103 Å². The van der Waals surface area contributed by atoms with Crippen LogP contribution in [0.1, 0.15) is 58.5 Å². The van der Waals surface area contributed by atoms with E-state index < -0.39 is 72.3 Å². The summed E-state index contributed by atoms with van der Waals surface area (Å²) in [7, 11) is 4.65. The molecule has 0 radical (unpaired) electrons. The van der Waals surface area contributed by atoms with Crippen LogP contribution in [-0.2, 0) is 22.4 Å². The first-order valence-electron chi connectivity index (χ1n) is 32.7. The van der Waals surface area contributed by atoms with Gasteiger partial charge >= 0.3 is 25.6 Å². The standard InChI is InChI=1S/2C32H35F4N7O2.2C2HF3O2/c2*1-3-21-12-22(4-5-23(21)31(44)40-15-19-8-11-43(2,17-19)18-20-13-37-14-20)41-29-30-39-16-25(42(30)10-9-38-29)24-6-7-26(45-32(35)36)28(34)27(24)33;2*3-2(4,5)1(6)7/h2*4-7,9-10,12,16,19-20,32,37H,3,8,11,13-15,17-18H2,1-2H3,(H-,38,40,41,44);2*(H,6,7). The first-order valence-corrected chi connectivity index (χ1v) is 32.7. The zero-order chi connectivity index (χ0) is 75.6. The van der Waals surface area contributed by atoms with E-state index in [1.54, 1.807) is 24.3 Å². The van der Waals surface area contributed by atoms with Crippen LogP contribution in [0.15, 0.2) is 97.8 Å². The van der Waals surface area contributed by atoms with Crippen LogP contribution < -0.4 is 51.6 Å². The van der Waals surface area contributed by atoms with E-state index in [1.807, 2.05) is 26.0 Å². The number of carbonyl (C=O) groups excluding carboxylic acids is 4. The van der Waals surface area contributed by atoms with Gasteiger partial charge in [0, 0.05) is 134 Å². The van der Waals surface area contributed by atoms with Crippen molar-refractivity contribution in [1.82, 2.24) is 50.0 Å². The lowest BCUT2D eigenvalue weighted by Crippen LogP contribution is -2.54. The summed E-state index contributed by atoms with van der Waals surface area (Å²) < 4.78 is 185. The third-order valence-electron chi connectivity index (χ3n) is 18.2. The molecule has 36 heteroatoms. The van der Waals surface area contributed by atoms with Crippen molar-refractivity contribution in [2.24, 2.45) is 23.7 Å². The third-order valence-corrected chi connectivity index (χ3v) is 18.2. The molecular weight excluding hydrogens is 1410 g/mol. The van der Waals surface area contributed by atoms with Crippen LogP contribution in [0.5, 0.6) is 11.5 Å². The number of rotatable bonds is 22. The highest BCUT2D eigenvalue weighted by atomic mass is 19.4. The van der Waals surface area contributed by atoms with Crippen LogP contribution in [-0.4, -0.2) is 180 Å². The topological polar surface area (TPSA) is 265 Å². The van der Waals surface area contributed by atoms with Gasteiger partial charge in [0.25, 0.3) is 11.8 Å². The molecule has 6 N–H and O–H groups in total. The Morgan fingerprint density at radius 3 is 1.24 bits per heavy atom. The zero-order valence-electron chi connectivity index (χ0n) is 56.2. The van der Waals surface area contributed by atoms with Crippen LogP contribution >= 0.6 is 0 Å². The van der Waals surface area contributed by atoms with Gasteiger partial charge in [-0.1, -0.05) is 13.8 Å². The van der Waals surface area contributed by atoms with Gasteiger partial charge in [-0.3, -0.25) is 18.4 Å². The Kier molecular flexibility index (Phi) is 25.0. The molecule has 104 heavy (non-hydrogen) atoms. The van der Waals surface area contributed by atoms with Crippen molar-refractivity contribution < 1.29 is 109 Å². The lowest BCUT2D eigenvalue weighted by atomic mass is 10.0. The number of hydrogen-bond acceptors (Lipinski definition) is 16. The van der Waals surface area contributed by atoms with Crippen LogP contribution in [0.4, 0.5) is 84.5 Å². The number of carbonyl (C=O) groups is 4. The molecule has 560 valence electrons. The number of aromatic nitrogens is 6.